The van der Waals surface area contributed by atoms with Gasteiger partial charge in [-0.05, 0) is 49.1 Å². The number of allylic oxidation sites excluding steroid dienone is 2. The van der Waals surface area contributed by atoms with Crippen molar-refractivity contribution < 1.29 is 9.59 Å². The van der Waals surface area contributed by atoms with Crippen LogP contribution in [0.4, 0.5) is 0 Å². The van der Waals surface area contributed by atoms with Crippen LogP contribution >= 0.6 is 0 Å². The van der Waals surface area contributed by atoms with Crippen LogP contribution in [0.5, 0.6) is 0 Å². The highest BCUT2D eigenvalue weighted by molar-refractivity contribution is 6.06. The molecule has 0 aromatic carbocycles. The highest BCUT2D eigenvalue weighted by Gasteiger charge is 2.56. The van der Waals surface area contributed by atoms with Crippen molar-refractivity contribution >= 4 is 11.8 Å². The van der Waals surface area contributed by atoms with E-state index in [2.05, 4.69) is 31.0 Å². The molecule has 2 heterocycles. The highest BCUT2D eigenvalue weighted by atomic mass is 16.2. The van der Waals surface area contributed by atoms with E-state index in [1.807, 2.05) is 19.1 Å². The molecule has 4 atom stereocenters. The molecule has 1 aromatic heterocycles. The summed E-state index contributed by atoms with van der Waals surface area (Å²) in [5, 5.41) is 0. The van der Waals surface area contributed by atoms with Crippen molar-refractivity contribution in [2.24, 2.45) is 23.7 Å². The van der Waals surface area contributed by atoms with Gasteiger partial charge < -0.3 is 0 Å². The average Bonchev–Trinajstić information content (AvgIpc) is 2.84. The topological polar surface area (TPSA) is 50.3 Å². The Kier molecular flexibility index (Phi) is 3.59. The number of aryl methyl sites for hydroxylation is 1. The van der Waals surface area contributed by atoms with E-state index < -0.39 is 0 Å². The van der Waals surface area contributed by atoms with Crippen LogP contribution in [0.1, 0.15) is 49.6 Å². The maximum absolute atomic E-state index is 12.9. The number of fused-ring (bicyclic) bond motifs is 1. The zero-order valence-corrected chi connectivity index (χ0v) is 14.5. The number of hydrogen-bond acceptors (Lipinski definition) is 3. The van der Waals surface area contributed by atoms with Crippen LogP contribution in [0.25, 0.3) is 0 Å². The van der Waals surface area contributed by atoms with Crippen molar-refractivity contribution in [1.29, 1.82) is 0 Å². The van der Waals surface area contributed by atoms with Gasteiger partial charge in [0.05, 0.1) is 18.4 Å². The van der Waals surface area contributed by atoms with E-state index in [-0.39, 0.29) is 35.5 Å². The first-order valence-corrected chi connectivity index (χ1v) is 8.97. The van der Waals surface area contributed by atoms with Gasteiger partial charge in [0.1, 0.15) is 0 Å². The Balaban J connectivity index is 1.60. The molecule has 5 rings (SSSR count). The molecule has 24 heavy (non-hydrogen) atoms. The number of hydrogen-bond donors (Lipinski definition) is 0. The first kappa shape index (κ1) is 15.6. The summed E-state index contributed by atoms with van der Waals surface area (Å²) in [6, 6.07) is 4.03. The van der Waals surface area contributed by atoms with Gasteiger partial charge in [-0.2, -0.15) is 0 Å². The predicted octanol–water partition coefficient (Wildman–Crippen LogP) is 3.21. The number of carbonyl (C=O) groups is 2. The second-order valence-corrected chi connectivity index (χ2v) is 7.74. The van der Waals surface area contributed by atoms with Gasteiger partial charge in [-0.3, -0.25) is 19.5 Å². The number of pyridine rings is 1. The number of likely N-dealkylation sites (tertiary alicyclic amines) is 1. The number of carbonyl (C=O) groups excluding carboxylic acids is 2. The molecular formula is C20H24N2O2. The Morgan fingerprint density at radius 2 is 1.67 bits per heavy atom. The third-order valence-electron chi connectivity index (χ3n) is 5.99. The standard InChI is InChI=1S/C20H24N2O2/c1-11(2)16-9-8-15(12(3)21-16)10-22-19(23)17-13-4-5-14(7-6-13)18(17)20(22)24/h4-5,8-9,11,13-14,17-18H,6-7,10H2,1-3H3. The van der Waals surface area contributed by atoms with Crippen molar-refractivity contribution in [1.82, 2.24) is 9.88 Å². The van der Waals surface area contributed by atoms with Crippen LogP contribution in [0.15, 0.2) is 24.3 Å². The molecule has 0 spiro atoms. The van der Waals surface area contributed by atoms with E-state index in [9.17, 15) is 9.59 Å². The van der Waals surface area contributed by atoms with Crippen molar-refractivity contribution in [3.8, 4) is 0 Å². The van der Waals surface area contributed by atoms with Gasteiger partial charge in [0.15, 0.2) is 0 Å². The maximum atomic E-state index is 12.9. The van der Waals surface area contributed by atoms with E-state index in [0.717, 1.165) is 29.8 Å². The van der Waals surface area contributed by atoms with E-state index in [0.29, 0.717) is 12.5 Å². The fourth-order valence-corrected chi connectivity index (χ4v) is 4.56. The van der Waals surface area contributed by atoms with Crippen molar-refractivity contribution in [2.75, 3.05) is 0 Å². The number of aromatic nitrogens is 1. The maximum Gasteiger partial charge on any atom is 0.234 e. The van der Waals surface area contributed by atoms with Gasteiger partial charge in [-0.1, -0.05) is 32.1 Å². The van der Waals surface area contributed by atoms with Gasteiger partial charge in [0.2, 0.25) is 11.8 Å². The number of rotatable bonds is 3. The molecule has 1 saturated carbocycles. The molecule has 2 amide bonds. The lowest BCUT2D eigenvalue weighted by atomic mass is 9.63. The molecule has 2 fully saturated rings. The molecule has 4 nitrogen and oxygen atoms in total. The largest absolute Gasteiger partial charge is 0.278 e. The lowest BCUT2D eigenvalue weighted by Gasteiger charge is -2.38. The SMILES string of the molecule is Cc1nc(C(C)C)ccc1CN1C(=O)C2C3C=CC(CC3)C2C1=O. The molecule has 0 radical (unpaired) electrons. The molecule has 1 saturated heterocycles. The molecule has 4 unspecified atom stereocenters. The predicted molar refractivity (Wildman–Crippen MR) is 91.0 cm³/mol. The number of nitrogens with zero attached hydrogens (tertiary/aromatic N) is 2. The average molecular weight is 324 g/mol. The zero-order chi connectivity index (χ0) is 17.0. The van der Waals surface area contributed by atoms with Crippen LogP contribution in [-0.4, -0.2) is 21.7 Å². The first-order chi connectivity index (χ1) is 11.5. The molecule has 4 aliphatic rings. The smallest absolute Gasteiger partial charge is 0.234 e. The van der Waals surface area contributed by atoms with Gasteiger partial charge in [-0.25, -0.2) is 0 Å². The second kappa shape index (κ2) is 5.54. The Morgan fingerprint density at radius 3 is 2.12 bits per heavy atom. The molecule has 2 bridgehead atoms. The lowest BCUT2D eigenvalue weighted by molar-refractivity contribution is -0.140. The Morgan fingerprint density at radius 1 is 1.08 bits per heavy atom. The van der Waals surface area contributed by atoms with Crippen LogP contribution in [0, 0.1) is 30.6 Å². The Hall–Kier alpha value is -1.97. The molecule has 1 aliphatic heterocycles. The third kappa shape index (κ3) is 2.23. The Bertz CT molecular complexity index is 705. The van der Waals surface area contributed by atoms with Crippen LogP contribution in [0.3, 0.4) is 0 Å². The van der Waals surface area contributed by atoms with E-state index in [1.165, 1.54) is 4.90 Å². The minimum atomic E-state index is -0.121. The normalized spacial score (nSPS) is 31.2. The van der Waals surface area contributed by atoms with Crippen LogP contribution in [0.2, 0.25) is 0 Å². The summed E-state index contributed by atoms with van der Waals surface area (Å²) >= 11 is 0. The van der Waals surface area contributed by atoms with Crippen molar-refractivity contribution in [3.63, 3.8) is 0 Å². The molecule has 1 aromatic rings. The number of imide groups is 1. The summed E-state index contributed by atoms with van der Waals surface area (Å²) in [6.45, 7) is 6.55. The highest BCUT2D eigenvalue weighted by Crippen LogP contribution is 2.49. The van der Waals surface area contributed by atoms with Crippen molar-refractivity contribution in [2.45, 2.75) is 46.1 Å². The van der Waals surface area contributed by atoms with Gasteiger partial charge in [0, 0.05) is 11.4 Å². The number of amides is 2. The lowest BCUT2D eigenvalue weighted by Crippen LogP contribution is -2.38. The summed E-state index contributed by atoms with van der Waals surface area (Å²) < 4.78 is 0. The second-order valence-electron chi connectivity index (χ2n) is 7.74. The molecular weight excluding hydrogens is 300 g/mol. The molecule has 3 aliphatic carbocycles. The summed E-state index contributed by atoms with van der Waals surface area (Å²) in [4.78, 5) is 31.9. The Labute approximate surface area is 143 Å². The molecule has 0 N–H and O–H groups in total. The summed E-state index contributed by atoms with van der Waals surface area (Å²) in [6.07, 6.45) is 6.40. The minimum Gasteiger partial charge on any atom is -0.278 e. The van der Waals surface area contributed by atoms with Crippen molar-refractivity contribution in [3.05, 3.63) is 41.2 Å². The zero-order valence-electron chi connectivity index (χ0n) is 14.5. The van der Waals surface area contributed by atoms with E-state index in [1.54, 1.807) is 0 Å². The first-order valence-electron chi connectivity index (χ1n) is 8.97. The van der Waals surface area contributed by atoms with Gasteiger partial charge in [0.25, 0.3) is 0 Å². The third-order valence-corrected chi connectivity index (χ3v) is 5.99. The van der Waals surface area contributed by atoms with E-state index in [4.69, 9.17) is 0 Å². The fraction of sp³-hybridized carbons (Fsp3) is 0.550. The monoisotopic (exact) mass is 324 g/mol. The van der Waals surface area contributed by atoms with Gasteiger partial charge >= 0.3 is 0 Å². The fourth-order valence-electron chi connectivity index (χ4n) is 4.56. The van der Waals surface area contributed by atoms with Crippen LogP contribution in [-0.2, 0) is 16.1 Å². The summed E-state index contributed by atoms with van der Waals surface area (Å²) in [7, 11) is 0. The van der Waals surface area contributed by atoms with Gasteiger partial charge in [-0.15, -0.1) is 0 Å². The molecule has 4 heteroatoms. The molecule has 126 valence electrons. The van der Waals surface area contributed by atoms with Crippen LogP contribution < -0.4 is 0 Å². The summed E-state index contributed by atoms with van der Waals surface area (Å²) in [5.41, 5.74) is 2.93. The summed E-state index contributed by atoms with van der Waals surface area (Å²) in [5.74, 6) is 0.687. The minimum absolute atomic E-state index is 0.0244. The quantitative estimate of drug-likeness (QED) is 0.634. The van der Waals surface area contributed by atoms with E-state index >= 15 is 0 Å².